The minimum absolute atomic E-state index is 0.368. The molecule has 2 amide bonds. The Hall–Kier alpha value is -4.17. The van der Waals surface area contributed by atoms with Crippen LogP contribution in [0, 0.1) is 5.92 Å². The van der Waals surface area contributed by atoms with Crippen molar-refractivity contribution in [2.45, 2.75) is 19.1 Å². The Bertz CT molecular complexity index is 1260. The molecule has 0 aliphatic carbocycles. The summed E-state index contributed by atoms with van der Waals surface area (Å²) in [4.78, 5) is 46.6. The number of imide groups is 1. The van der Waals surface area contributed by atoms with Crippen molar-refractivity contribution in [2.24, 2.45) is 5.92 Å². The van der Waals surface area contributed by atoms with Crippen LogP contribution in [0.15, 0.2) is 78.9 Å². The highest BCUT2D eigenvalue weighted by Gasteiger charge is 2.60. The van der Waals surface area contributed by atoms with Crippen LogP contribution in [-0.2, 0) is 19.2 Å². The summed E-state index contributed by atoms with van der Waals surface area (Å²) in [7, 11) is 1.32. The fourth-order valence-corrected chi connectivity index (χ4v) is 4.64. The highest BCUT2D eigenvalue weighted by molar-refractivity contribution is 6.24. The molecule has 0 aromatic heterocycles. The number of nitrogens with zero attached hydrogens (tertiary/aromatic N) is 2. The van der Waals surface area contributed by atoms with E-state index in [1.165, 1.54) is 12.0 Å². The molecule has 0 unspecified atom stereocenters. The quantitative estimate of drug-likeness (QED) is 0.397. The molecule has 2 aliphatic rings. The number of esters is 1. The number of para-hydroxylation sites is 3. The number of rotatable bonds is 6. The number of hydrogen-bond acceptors (Lipinski definition) is 7. The van der Waals surface area contributed by atoms with Crippen LogP contribution in [0.2, 0.25) is 0 Å². The Morgan fingerprint density at radius 2 is 1.60 bits per heavy atom. The zero-order valence-corrected chi connectivity index (χ0v) is 19.3. The normalized spacial score (nSPS) is 21.3. The molecule has 3 aromatic rings. The van der Waals surface area contributed by atoms with Gasteiger partial charge in [-0.3, -0.25) is 14.4 Å². The van der Waals surface area contributed by atoms with Crippen LogP contribution in [-0.4, -0.2) is 37.6 Å². The molecule has 8 nitrogen and oxygen atoms in total. The summed E-state index contributed by atoms with van der Waals surface area (Å²) in [6, 6.07) is 22.5. The summed E-state index contributed by atoms with van der Waals surface area (Å²) in [6.07, 6.45) is -0.998. The first-order valence-corrected chi connectivity index (χ1v) is 11.3. The highest BCUT2D eigenvalue weighted by Crippen LogP contribution is 2.48. The van der Waals surface area contributed by atoms with Crippen LogP contribution in [0.3, 0.4) is 0 Å². The third-order valence-corrected chi connectivity index (χ3v) is 6.21. The second-order valence-electron chi connectivity index (χ2n) is 8.18. The summed E-state index contributed by atoms with van der Waals surface area (Å²) < 4.78 is 10.5. The molecule has 5 rings (SSSR count). The molecule has 8 heteroatoms. The first-order chi connectivity index (χ1) is 17.0. The van der Waals surface area contributed by atoms with Gasteiger partial charge in [0.2, 0.25) is 5.91 Å². The molecule has 0 bridgehead atoms. The second kappa shape index (κ2) is 9.23. The van der Waals surface area contributed by atoms with Crippen molar-refractivity contribution >= 4 is 29.2 Å². The van der Waals surface area contributed by atoms with Gasteiger partial charge in [0.05, 0.1) is 36.7 Å². The highest BCUT2D eigenvalue weighted by atomic mass is 16.7. The Morgan fingerprint density at radius 1 is 0.914 bits per heavy atom. The molecule has 2 aliphatic heterocycles. The number of hydrogen-bond donors (Lipinski definition) is 0. The SMILES string of the molecule is CCOc1ccccc1N1C(=O)[C@@H]2[C@H](ON(c3ccccc3)[C@@H]2c2ccc(C(=O)OC)cc2)C1=O. The number of hydroxylamine groups is 1. The molecule has 0 saturated carbocycles. The van der Waals surface area contributed by atoms with Crippen LogP contribution in [0.4, 0.5) is 11.4 Å². The standard InChI is InChI=1S/C27H24N2O6/c1-3-34-21-12-8-7-11-20(21)28-25(30)22-23(17-13-15-18(16-14-17)27(32)33-2)29(35-24(22)26(28)31)19-9-5-4-6-10-19/h4-16,22-24H,3H2,1-2H3/t22-,23+,24-/m0/s1. The Balaban J connectivity index is 1.56. The lowest BCUT2D eigenvalue weighted by Crippen LogP contribution is -2.37. The maximum absolute atomic E-state index is 13.8. The van der Waals surface area contributed by atoms with E-state index in [0.717, 1.165) is 5.56 Å². The Kier molecular flexibility index (Phi) is 5.96. The number of carbonyl (C=O) groups is 3. The predicted molar refractivity (Wildman–Crippen MR) is 128 cm³/mol. The van der Waals surface area contributed by atoms with Gasteiger partial charge in [0, 0.05) is 0 Å². The first kappa shape index (κ1) is 22.6. The van der Waals surface area contributed by atoms with Gasteiger partial charge in [-0.25, -0.2) is 14.8 Å². The molecule has 3 aromatic carbocycles. The lowest BCUT2D eigenvalue weighted by atomic mass is 9.90. The molecule has 2 saturated heterocycles. The van der Waals surface area contributed by atoms with Crippen molar-refractivity contribution < 1.29 is 28.7 Å². The molecule has 0 N–H and O–H groups in total. The van der Waals surface area contributed by atoms with Gasteiger partial charge in [0.25, 0.3) is 5.91 Å². The van der Waals surface area contributed by atoms with Gasteiger partial charge in [-0.15, -0.1) is 0 Å². The van der Waals surface area contributed by atoms with Gasteiger partial charge >= 0.3 is 5.97 Å². The van der Waals surface area contributed by atoms with Gasteiger partial charge < -0.3 is 9.47 Å². The largest absolute Gasteiger partial charge is 0.492 e. The summed E-state index contributed by atoms with van der Waals surface area (Å²) in [6.45, 7) is 2.24. The molecule has 2 heterocycles. The average Bonchev–Trinajstić information content (AvgIpc) is 3.40. The van der Waals surface area contributed by atoms with Crippen molar-refractivity contribution in [3.8, 4) is 5.75 Å². The summed E-state index contributed by atoms with van der Waals surface area (Å²) in [5, 5.41) is 1.62. The third-order valence-electron chi connectivity index (χ3n) is 6.21. The fourth-order valence-electron chi connectivity index (χ4n) is 4.64. The minimum atomic E-state index is -0.998. The minimum Gasteiger partial charge on any atom is -0.492 e. The van der Waals surface area contributed by atoms with E-state index < -0.39 is 29.9 Å². The van der Waals surface area contributed by atoms with E-state index >= 15 is 0 Å². The van der Waals surface area contributed by atoms with Crippen molar-refractivity contribution in [1.82, 2.24) is 0 Å². The molecule has 178 valence electrons. The number of carbonyl (C=O) groups excluding carboxylic acids is 3. The van der Waals surface area contributed by atoms with Gasteiger partial charge in [-0.2, -0.15) is 0 Å². The van der Waals surface area contributed by atoms with Gasteiger partial charge in [0.1, 0.15) is 11.7 Å². The number of amides is 2. The topological polar surface area (TPSA) is 85.4 Å². The summed E-state index contributed by atoms with van der Waals surface area (Å²) >= 11 is 0. The lowest BCUT2D eigenvalue weighted by Gasteiger charge is -2.29. The summed E-state index contributed by atoms with van der Waals surface area (Å²) in [5.41, 5.74) is 2.23. The van der Waals surface area contributed by atoms with Crippen molar-refractivity contribution in [1.29, 1.82) is 0 Å². The number of benzene rings is 3. The maximum atomic E-state index is 13.8. The zero-order valence-electron chi connectivity index (χ0n) is 19.3. The van der Waals surface area contributed by atoms with Crippen LogP contribution < -0.4 is 14.7 Å². The van der Waals surface area contributed by atoms with Gasteiger partial charge in [-0.1, -0.05) is 42.5 Å². The van der Waals surface area contributed by atoms with Crippen LogP contribution in [0.1, 0.15) is 28.9 Å². The smallest absolute Gasteiger partial charge is 0.337 e. The van der Waals surface area contributed by atoms with Crippen molar-refractivity contribution in [3.63, 3.8) is 0 Å². The van der Waals surface area contributed by atoms with Crippen molar-refractivity contribution in [2.75, 3.05) is 23.7 Å². The fraction of sp³-hybridized carbons (Fsp3) is 0.222. The van der Waals surface area contributed by atoms with Gasteiger partial charge in [0.15, 0.2) is 6.10 Å². The number of anilines is 2. The molecular weight excluding hydrogens is 448 g/mol. The molecule has 3 atom stereocenters. The van der Waals surface area contributed by atoms with E-state index in [4.69, 9.17) is 14.3 Å². The molecule has 0 radical (unpaired) electrons. The zero-order chi connectivity index (χ0) is 24.5. The second-order valence-corrected chi connectivity index (χ2v) is 8.18. The third kappa shape index (κ3) is 3.81. The van der Waals surface area contributed by atoms with Crippen LogP contribution in [0.25, 0.3) is 0 Å². The Morgan fingerprint density at radius 3 is 2.29 bits per heavy atom. The van der Waals surface area contributed by atoms with E-state index in [0.29, 0.717) is 29.3 Å². The first-order valence-electron chi connectivity index (χ1n) is 11.3. The van der Waals surface area contributed by atoms with E-state index in [2.05, 4.69) is 0 Å². The number of methoxy groups -OCH3 is 1. The van der Waals surface area contributed by atoms with Crippen LogP contribution in [0.5, 0.6) is 5.75 Å². The Labute approximate surface area is 202 Å². The molecule has 35 heavy (non-hydrogen) atoms. The monoisotopic (exact) mass is 472 g/mol. The maximum Gasteiger partial charge on any atom is 0.337 e. The van der Waals surface area contributed by atoms with E-state index in [9.17, 15) is 14.4 Å². The molecule has 0 spiro atoms. The van der Waals surface area contributed by atoms with E-state index in [1.807, 2.05) is 37.3 Å². The van der Waals surface area contributed by atoms with E-state index in [-0.39, 0.29) is 5.91 Å². The number of fused-ring (bicyclic) bond motifs is 1. The van der Waals surface area contributed by atoms with E-state index in [1.54, 1.807) is 53.6 Å². The molecular formula is C27H24N2O6. The summed E-state index contributed by atoms with van der Waals surface area (Å²) in [5.74, 6) is -1.60. The molecule has 2 fully saturated rings. The lowest BCUT2D eigenvalue weighted by molar-refractivity contribution is -0.126. The predicted octanol–water partition coefficient (Wildman–Crippen LogP) is 3.92. The van der Waals surface area contributed by atoms with Gasteiger partial charge in [-0.05, 0) is 48.9 Å². The average molecular weight is 472 g/mol. The van der Waals surface area contributed by atoms with Crippen molar-refractivity contribution in [3.05, 3.63) is 90.0 Å². The number of ether oxygens (including phenoxy) is 2. The van der Waals surface area contributed by atoms with Crippen LogP contribution >= 0.6 is 0 Å².